The van der Waals surface area contributed by atoms with Crippen LogP contribution in [-0.4, -0.2) is 43.4 Å². The highest BCUT2D eigenvalue weighted by atomic mass is 35.5. The number of likely N-dealkylation sites (N-methyl/N-ethyl adjacent to an activating group) is 1. The summed E-state index contributed by atoms with van der Waals surface area (Å²) in [5.74, 6) is 0.0853. The molecule has 0 radical (unpaired) electrons. The van der Waals surface area contributed by atoms with E-state index in [-0.39, 0.29) is 12.4 Å². The molecule has 7 heteroatoms. The molecular formula is C17H25Cl2NO4. The summed E-state index contributed by atoms with van der Waals surface area (Å²) in [7, 11) is 0. The SMILES string of the molecule is CCN(CC)CCOC(=O)C1Oc2ccc(Cl)cc2C(C)(C)O1.Cl. The zero-order valence-electron chi connectivity index (χ0n) is 14.5. The predicted molar refractivity (Wildman–Crippen MR) is 96.0 cm³/mol. The normalized spacial score (nSPS) is 18.3. The van der Waals surface area contributed by atoms with Crippen LogP contribution in [0, 0.1) is 0 Å². The Hall–Kier alpha value is -1.01. The van der Waals surface area contributed by atoms with Crippen molar-refractivity contribution in [2.75, 3.05) is 26.2 Å². The smallest absolute Gasteiger partial charge is 0.376 e. The van der Waals surface area contributed by atoms with Crippen molar-refractivity contribution in [3.63, 3.8) is 0 Å². The van der Waals surface area contributed by atoms with E-state index in [0.717, 1.165) is 18.7 Å². The Morgan fingerprint density at radius 2 is 2.00 bits per heavy atom. The largest absolute Gasteiger partial charge is 0.460 e. The Kier molecular flexibility index (Phi) is 7.80. The fraction of sp³-hybridized carbons (Fsp3) is 0.588. The van der Waals surface area contributed by atoms with Crippen LogP contribution in [0.4, 0.5) is 0 Å². The van der Waals surface area contributed by atoms with E-state index in [0.29, 0.717) is 23.9 Å². The van der Waals surface area contributed by atoms with E-state index in [1.165, 1.54) is 0 Å². The van der Waals surface area contributed by atoms with Crippen LogP contribution in [0.25, 0.3) is 0 Å². The van der Waals surface area contributed by atoms with Crippen LogP contribution in [0.5, 0.6) is 5.75 Å². The van der Waals surface area contributed by atoms with E-state index in [1.807, 2.05) is 13.8 Å². The van der Waals surface area contributed by atoms with Gasteiger partial charge in [0.2, 0.25) is 0 Å². The maximum atomic E-state index is 12.2. The molecular weight excluding hydrogens is 353 g/mol. The van der Waals surface area contributed by atoms with Crippen molar-refractivity contribution >= 4 is 30.0 Å². The maximum Gasteiger partial charge on any atom is 0.376 e. The molecule has 0 fully saturated rings. The van der Waals surface area contributed by atoms with Gasteiger partial charge in [-0.1, -0.05) is 25.4 Å². The summed E-state index contributed by atoms with van der Waals surface area (Å²) in [6, 6.07) is 5.27. The van der Waals surface area contributed by atoms with E-state index in [4.69, 9.17) is 25.8 Å². The maximum absolute atomic E-state index is 12.2. The number of carbonyl (C=O) groups excluding carboxylic acids is 1. The molecule has 0 saturated carbocycles. The minimum Gasteiger partial charge on any atom is -0.460 e. The molecule has 1 unspecified atom stereocenters. The number of halogens is 2. The van der Waals surface area contributed by atoms with E-state index in [1.54, 1.807) is 18.2 Å². The molecule has 1 aliphatic rings. The van der Waals surface area contributed by atoms with Gasteiger partial charge in [-0.2, -0.15) is 0 Å². The number of carbonyl (C=O) groups is 1. The number of nitrogens with zero attached hydrogens (tertiary/aromatic N) is 1. The molecule has 1 aromatic carbocycles. The van der Waals surface area contributed by atoms with Crippen molar-refractivity contribution in [2.45, 2.75) is 39.6 Å². The fourth-order valence-corrected chi connectivity index (χ4v) is 2.70. The van der Waals surface area contributed by atoms with Gasteiger partial charge in [-0.3, -0.25) is 0 Å². The average Bonchev–Trinajstić information content (AvgIpc) is 2.51. The molecule has 0 amide bonds. The van der Waals surface area contributed by atoms with Crippen molar-refractivity contribution in [1.29, 1.82) is 0 Å². The number of rotatable bonds is 6. The van der Waals surface area contributed by atoms with Gasteiger partial charge < -0.3 is 19.1 Å². The molecule has 0 aromatic heterocycles. The first kappa shape index (κ1) is 21.0. The first-order chi connectivity index (χ1) is 10.9. The van der Waals surface area contributed by atoms with Crippen molar-refractivity contribution < 1.29 is 19.0 Å². The number of hydrogen-bond acceptors (Lipinski definition) is 5. The van der Waals surface area contributed by atoms with E-state index in [9.17, 15) is 4.79 Å². The molecule has 1 aromatic rings. The molecule has 1 heterocycles. The fourth-order valence-electron chi connectivity index (χ4n) is 2.53. The lowest BCUT2D eigenvalue weighted by molar-refractivity contribution is -0.211. The Balaban J connectivity index is 0.00000288. The zero-order valence-corrected chi connectivity index (χ0v) is 16.1. The minimum absolute atomic E-state index is 0. The molecule has 0 bridgehead atoms. The Morgan fingerprint density at radius 3 is 2.62 bits per heavy atom. The highest BCUT2D eigenvalue weighted by molar-refractivity contribution is 6.30. The molecule has 2 rings (SSSR count). The minimum atomic E-state index is -1.06. The molecule has 1 aliphatic heterocycles. The molecule has 0 spiro atoms. The molecule has 1 atom stereocenters. The monoisotopic (exact) mass is 377 g/mol. The Bertz CT molecular complexity index is 562. The summed E-state index contributed by atoms with van der Waals surface area (Å²) in [4.78, 5) is 14.4. The lowest BCUT2D eigenvalue weighted by Gasteiger charge is -2.36. The van der Waals surface area contributed by atoms with Crippen molar-refractivity contribution in [3.05, 3.63) is 28.8 Å². The van der Waals surface area contributed by atoms with Gasteiger partial charge in [0.15, 0.2) is 0 Å². The van der Waals surface area contributed by atoms with Gasteiger partial charge in [-0.05, 0) is 45.1 Å². The number of ether oxygens (including phenoxy) is 3. The van der Waals surface area contributed by atoms with Gasteiger partial charge in [0, 0.05) is 17.1 Å². The predicted octanol–water partition coefficient (Wildman–Crippen LogP) is 3.62. The number of esters is 1. The lowest BCUT2D eigenvalue weighted by Crippen LogP contribution is -2.43. The van der Waals surface area contributed by atoms with Crippen molar-refractivity contribution in [3.8, 4) is 5.75 Å². The lowest BCUT2D eigenvalue weighted by atomic mass is 9.96. The third kappa shape index (κ3) is 4.99. The van der Waals surface area contributed by atoms with E-state index < -0.39 is 17.9 Å². The third-order valence-electron chi connectivity index (χ3n) is 3.96. The molecule has 136 valence electrons. The summed E-state index contributed by atoms with van der Waals surface area (Å²) in [5, 5.41) is 0.601. The number of fused-ring (bicyclic) bond motifs is 1. The summed E-state index contributed by atoms with van der Waals surface area (Å²) < 4.78 is 16.7. The first-order valence-corrected chi connectivity index (χ1v) is 8.28. The van der Waals surface area contributed by atoms with E-state index >= 15 is 0 Å². The second-order valence-electron chi connectivity index (χ2n) is 5.91. The van der Waals surface area contributed by atoms with Gasteiger partial charge in [0.05, 0.1) is 5.60 Å². The summed E-state index contributed by atoms with van der Waals surface area (Å²) >= 11 is 6.02. The van der Waals surface area contributed by atoms with E-state index in [2.05, 4.69) is 18.7 Å². The number of benzene rings is 1. The van der Waals surface area contributed by atoms with Gasteiger partial charge in [-0.15, -0.1) is 12.4 Å². The quantitative estimate of drug-likeness (QED) is 0.708. The summed E-state index contributed by atoms with van der Waals surface area (Å²) in [5.41, 5.74) is 0.137. The zero-order chi connectivity index (χ0) is 17.0. The van der Waals surface area contributed by atoms with Crippen LogP contribution in [0.2, 0.25) is 5.02 Å². The highest BCUT2D eigenvalue weighted by Crippen LogP contribution is 2.40. The second-order valence-corrected chi connectivity index (χ2v) is 6.35. The van der Waals surface area contributed by atoms with Gasteiger partial charge in [0.1, 0.15) is 12.4 Å². The van der Waals surface area contributed by atoms with Crippen LogP contribution in [-0.2, 0) is 19.9 Å². The standard InChI is InChI=1S/C17H24ClNO4.ClH/c1-5-19(6-2)9-10-21-15(20)16-22-14-8-7-12(18)11-13(14)17(3,4)23-16;/h7-8,11,16H,5-6,9-10H2,1-4H3;1H. The van der Waals surface area contributed by atoms with Gasteiger partial charge >= 0.3 is 5.97 Å². The first-order valence-electron chi connectivity index (χ1n) is 7.91. The highest BCUT2D eigenvalue weighted by Gasteiger charge is 2.39. The van der Waals surface area contributed by atoms with Crippen LogP contribution >= 0.6 is 24.0 Å². The molecule has 5 nitrogen and oxygen atoms in total. The molecule has 0 aliphatic carbocycles. The topological polar surface area (TPSA) is 48.0 Å². The van der Waals surface area contributed by atoms with Crippen LogP contribution < -0.4 is 4.74 Å². The molecule has 0 saturated heterocycles. The molecule has 0 N–H and O–H groups in total. The number of hydrogen-bond donors (Lipinski definition) is 0. The molecule has 24 heavy (non-hydrogen) atoms. The van der Waals surface area contributed by atoms with Gasteiger partial charge in [-0.25, -0.2) is 4.79 Å². The Morgan fingerprint density at radius 1 is 1.33 bits per heavy atom. The van der Waals surface area contributed by atoms with Crippen LogP contribution in [0.1, 0.15) is 33.3 Å². The third-order valence-corrected chi connectivity index (χ3v) is 4.20. The van der Waals surface area contributed by atoms with Crippen LogP contribution in [0.15, 0.2) is 18.2 Å². The average molecular weight is 378 g/mol. The van der Waals surface area contributed by atoms with Crippen molar-refractivity contribution in [1.82, 2.24) is 4.90 Å². The summed E-state index contributed by atoms with van der Waals surface area (Å²) in [6.07, 6.45) is -1.06. The van der Waals surface area contributed by atoms with Crippen molar-refractivity contribution in [2.24, 2.45) is 0 Å². The second kappa shape index (κ2) is 8.90. The van der Waals surface area contributed by atoms with Gasteiger partial charge in [0.25, 0.3) is 6.29 Å². The summed E-state index contributed by atoms with van der Waals surface area (Å²) in [6.45, 7) is 10.8. The van der Waals surface area contributed by atoms with Crippen LogP contribution in [0.3, 0.4) is 0 Å². The Labute approximate surface area is 154 Å².